The standard InChI is InChI=1S/C13H16N2O6S.Na/c1-9(2)12(16)21-8-7-14-13(17)15-10-3-5-11(6-4-10)22(18,19)20;/h3-6H,1,7-8H2,2H3,(H2,14,15,17)(H,18,19,20);/q;+1/p-1. The summed E-state index contributed by atoms with van der Waals surface area (Å²) >= 11 is 0. The van der Waals surface area contributed by atoms with Crippen molar-refractivity contribution in [3.05, 3.63) is 36.4 Å². The first-order chi connectivity index (χ1) is 10.2. The first-order valence-electron chi connectivity index (χ1n) is 6.13. The number of urea groups is 1. The van der Waals surface area contributed by atoms with E-state index in [0.717, 1.165) is 12.1 Å². The number of carbonyl (C=O) groups excluding carboxylic acids is 2. The van der Waals surface area contributed by atoms with Crippen LogP contribution < -0.4 is 40.2 Å². The molecule has 0 aliphatic rings. The van der Waals surface area contributed by atoms with Crippen molar-refractivity contribution in [1.29, 1.82) is 0 Å². The molecule has 0 spiro atoms. The van der Waals surface area contributed by atoms with Crippen LogP contribution in [0.5, 0.6) is 0 Å². The van der Waals surface area contributed by atoms with Crippen LogP contribution in [-0.2, 0) is 19.6 Å². The van der Waals surface area contributed by atoms with Gasteiger partial charge in [0, 0.05) is 11.3 Å². The van der Waals surface area contributed by atoms with E-state index in [0.29, 0.717) is 5.69 Å². The molecule has 0 saturated carbocycles. The van der Waals surface area contributed by atoms with Gasteiger partial charge in [0.15, 0.2) is 0 Å². The summed E-state index contributed by atoms with van der Waals surface area (Å²) in [7, 11) is -4.51. The van der Waals surface area contributed by atoms with Crippen LogP contribution in [0.1, 0.15) is 6.92 Å². The third-order valence-electron chi connectivity index (χ3n) is 2.37. The van der Waals surface area contributed by atoms with Gasteiger partial charge in [-0.25, -0.2) is 18.0 Å². The fourth-order valence-electron chi connectivity index (χ4n) is 1.31. The van der Waals surface area contributed by atoms with E-state index in [1.54, 1.807) is 0 Å². The van der Waals surface area contributed by atoms with Crippen molar-refractivity contribution in [2.45, 2.75) is 11.8 Å². The van der Waals surface area contributed by atoms with Gasteiger partial charge in [-0.2, -0.15) is 0 Å². The molecule has 1 aromatic rings. The van der Waals surface area contributed by atoms with E-state index in [1.165, 1.54) is 19.1 Å². The Morgan fingerprint density at radius 3 is 2.30 bits per heavy atom. The Bertz CT molecular complexity index is 672. The maximum atomic E-state index is 11.5. The summed E-state index contributed by atoms with van der Waals surface area (Å²) in [6, 6.07) is 4.18. The molecule has 0 aliphatic carbocycles. The van der Waals surface area contributed by atoms with E-state index in [4.69, 9.17) is 4.74 Å². The zero-order valence-corrected chi connectivity index (χ0v) is 15.6. The molecule has 0 atom stereocenters. The number of anilines is 1. The molecule has 0 heterocycles. The number of hydrogen-bond acceptors (Lipinski definition) is 6. The fraction of sp³-hybridized carbons (Fsp3) is 0.231. The molecular formula is C13H15N2NaO6S. The van der Waals surface area contributed by atoms with Crippen molar-refractivity contribution >= 4 is 27.8 Å². The van der Waals surface area contributed by atoms with E-state index in [9.17, 15) is 22.6 Å². The minimum absolute atomic E-state index is 0. The summed E-state index contributed by atoms with van der Waals surface area (Å²) in [6.45, 7) is 5.01. The summed E-state index contributed by atoms with van der Waals surface area (Å²) in [5, 5.41) is 4.86. The number of carbonyl (C=O) groups is 2. The van der Waals surface area contributed by atoms with Crippen LogP contribution >= 0.6 is 0 Å². The molecule has 0 unspecified atom stereocenters. The van der Waals surface area contributed by atoms with Gasteiger partial charge in [0.2, 0.25) is 0 Å². The van der Waals surface area contributed by atoms with E-state index < -0.39 is 22.1 Å². The zero-order valence-electron chi connectivity index (χ0n) is 12.8. The molecule has 10 heteroatoms. The zero-order chi connectivity index (χ0) is 16.8. The van der Waals surface area contributed by atoms with Crippen molar-refractivity contribution in [2.24, 2.45) is 0 Å². The Labute approximate surface area is 156 Å². The minimum atomic E-state index is -4.51. The third-order valence-corrected chi connectivity index (χ3v) is 3.22. The summed E-state index contributed by atoms with van der Waals surface area (Å²) in [4.78, 5) is 22.2. The molecule has 0 fully saturated rings. The molecular weight excluding hydrogens is 335 g/mol. The van der Waals surface area contributed by atoms with E-state index >= 15 is 0 Å². The molecule has 23 heavy (non-hydrogen) atoms. The summed E-state index contributed by atoms with van der Waals surface area (Å²) < 4.78 is 37.0. The smallest absolute Gasteiger partial charge is 0.744 e. The van der Waals surface area contributed by atoms with Gasteiger partial charge in [-0.3, -0.25) is 0 Å². The van der Waals surface area contributed by atoms with Gasteiger partial charge >= 0.3 is 41.6 Å². The van der Waals surface area contributed by atoms with Crippen molar-refractivity contribution in [2.75, 3.05) is 18.5 Å². The van der Waals surface area contributed by atoms with Crippen LogP contribution in [0, 0.1) is 0 Å². The first-order valence-corrected chi connectivity index (χ1v) is 7.54. The number of amides is 2. The normalized spacial score (nSPS) is 10.2. The van der Waals surface area contributed by atoms with Gasteiger partial charge in [0.1, 0.15) is 16.7 Å². The Morgan fingerprint density at radius 1 is 1.26 bits per heavy atom. The topological polar surface area (TPSA) is 125 Å². The predicted molar refractivity (Wildman–Crippen MR) is 77.2 cm³/mol. The number of nitrogens with one attached hydrogen (secondary N) is 2. The van der Waals surface area contributed by atoms with Gasteiger partial charge in [-0.05, 0) is 31.2 Å². The van der Waals surface area contributed by atoms with Crippen LogP contribution in [0.15, 0.2) is 41.3 Å². The van der Waals surface area contributed by atoms with Crippen molar-refractivity contribution < 1.29 is 56.9 Å². The molecule has 2 amide bonds. The number of ether oxygens (including phenoxy) is 1. The van der Waals surface area contributed by atoms with Crippen molar-refractivity contribution in [3.63, 3.8) is 0 Å². The average Bonchev–Trinajstić information content (AvgIpc) is 2.42. The molecule has 120 valence electrons. The SMILES string of the molecule is C=C(C)C(=O)OCCNC(=O)Nc1ccc(S(=O)(=O)[O-])cc1.[Na+]. The molecule has 0 aromatic heterocycles. The molecule has 8 nitrogen and oxygen atoms in total. The van der Waals surface area contributed by atoms with Gasteiger partial charge in [0.05, 0.1) is 11.4 Å². The van der Waals surface area contributed by atoms with Gasteiger partial charge < -0.3 is 19.9 Å². The Hall–Kier alpha value is -1.39. The van der Waals surface area contributed by atoms with Crippen LogP contribution in [0.4, 0.5) is 10.5 Å². The summed E-state index contributed by atoms with van der Waals surface area (Å²) in [6.07, 6.45) is 0. The van der Waals surface area contributed by atoms with E-state index in [2.05, 4.69) is 17.2 Å². The van der Waals surface area contributed by atoms with Crippen LogP contribution in [-0.4, -0.2) is 38.1 Å². The quantitative estimate of drug-likeness (QED) is 0.198. The Kier molecular flexibility index (Phi) is 9.10. The molecule has 2 N–H and O–H groups in total. The molecule has 0 aliphatic heterocycles. The fourth-order valence-corrected chi connectivity index (χ4v) is 1.78. The molecule has 1 aromatic carbocycles. The second-order valence-corrected chi connectivity index (χ2v) is 5.66. The molecule has 0 saturated heterocycles. The average molecular weight is 350 g/mol. The number of hydrogen-bond donors (Lipinski definition) is 2. The number of rotatable bonds is 6. The summed E-state index contributed by atoms with van der Waals surface area (Å²) in [5.41, 5.74) is 0.571. The monoisotopic (exact) mass is 350 g/mol. The van der Waals surface area contributed by atoms with E-state index in [1.807, 2.05) is 0 Å². The second kappa shape index (κ2) is 9.68. The van der Waals surface area contributed by atoms with Crippen LogP contribution in [0.3, 0.4) is 0 Å². The number of esters is 1. The number of benzene rings is 1. The third kappa shape index (κ3) is 8.14. The molecule has 0 bridgehead atoms. The van der Waals surface area contributed by atoms with Gasteiger partial charge in [-0.15, -0.1) is 0 Å². The predicted octanol–water partition coefficient (Wildman–Crippen LogP) is -2.16. The maximum absolute atomic E-state index is 11.5. The second-order valence-electron chi connectivity index (χ2n) is 4.28. The van der Waals surface area contributed by atoms with Crippen molar-refractivity contribution in [1.82, 2.24) is 5.32 Å². The van der Waals surface area contributed by atoms with Crippen LogP contribution in [0.25, 0.3) is 0 Å². The summed E-state index contributed by atoms with van der Waals surface area (Å²) in [5.74, 6) is -0.545. The first kappa shape index (κ1) is 21.6. The largest absolute Gasteiger partial charge is 1.00 e. The van der Waals surface area contributed by atoms with Crippen molar-refractivity contribution in [3.8, 4) is 0 Å². The minimum Gasteiger partial charge on any atom is -0.744 e. The van der Waals surface area contributed by atoms with Crippen LogP contribution in [0.2, 0.25) is 0 Å². The Morgan fingerprint density at radius 2 is 1.83 bits per heavy atom. The maximum Gasteiger partial charge on any atom is 1.00 e. The molecule has 1 rings (SSSR count). The van der Waals surface area contributed by atoms with Gasteiger partial charge in [0.25, 0.3) is 0 Å². The molecule has 0 radical (unpaired) electrons. The Balaban J connectivity index is 0.00000484. The van der Waals surface area contributed by atoms with E-state index in [-0.39, 0.29) is 53.2 Å². The van der Waals surface area contributed by atoms with Gasteiger partial charge in [-0.1, -0.05) is 6.58 Å².